The Kier molecular flexibility index (Phi) is 5.60. The normalized spacial score (nSPS) is 19.5. The van der Waals surface area contributed by atoms with Crippen LogP contribution in [0.15, 0.2) is 54.6 Å². The van der Waals surface area contributed by atoms with E-state index in [1.54, 1.807) is 11.9 Å². The molecule has 1 atom stereocenters. The lowest BCUT2D eigenvalue weighted by Crippen LogP contribution is -2.44. The molecule has 152 valence electrons. The minimum Gasteiger partial charge on any atom is -0.348 e. The molecule has 2 aliphatic heterocycles. The molecule has 4 rings (SSSR count). The standard InChI is InChI=1S/C22H22F2N2O3/c1-25(14-21-28-9-10-29-21)22(27)26-13-16(18-12-17(23)7-8-19(18)24)11-20(26)15-5-3-2-4-6-15/h2-8,11-12,20-21H,9-10,13-14H2,1H3/t20-/m0/s1. The fourth-order valence-corrected chi connectivity index (χ4v) is 3.68. The van der Waals surface area contributed by atoms with Crippen molar-refractivity contribution in [1.82, 2.24) is 9.80 Å². The molecule has 0 N–H and O–H groups in total. The van der Waals surface area contributed by atoms with Crippen molar-refractivity contribution in [2.24, 2.45) is 0 Å². The first-order chi connectivity index (χ1) is 14.0. The van der Waals surface area contributed by atoms with Gasteiger partial charge in [0.2, 0.25) is 0 Å². The average Bonchev–Trinajstić information content (AvgIpc) is 3.40. The van der Waals surface area contributed by atoms with Crippen LogP contribution in [0.1, 0.15) is 17.2 Å². The Balaban J connectivity index is 1.62. The molecule has 5 nitrogen and oxygen atoms in total. The molecule has 7 heteroatoms. The first kappa shape index (κ1) is 19.5. The summed E-state index contributed by atoms with van der Waals surface area (Å²) in [5.41, 5.74) is 1.65. The molecule has 1 saturated heterocycles. The summed E-state index contributed by atoms with van der Waals surface area (Å²) in [6.07, 6.45) is 1.37. The summed E-state index contributed by atoms with van der Waals surface area (Å²) in [5.74, 6) is -1.03. The maximum Gasteiger partial charge on any atom is 0.320 e. The highest BCUT2D eigenvalue weighted by molar-refractivity contribution is 5.82. The van der Waals surface area contributed by atoms with Crippen LogP contribution < -0.4 is 0 Å². The van der Waals surface area contributed by atoms with Crippen LogP contribution in [0, 0.1) is 11.6 Å². The van der Waals surface area contributed by atoms with Crippen molar-refractivity contribution in [2.45, 2.75) is 12.3 Å². The number of likely N-dealkylation sites (N-methyl/N-ethyl adjacent to an activating group) is 1. The monoisotopic (exact) mass is 400 g/mol. The average molecular weight is 400 g/mol. The Morgan fingerprint density at radius 1 is 1.14 bits per heavy atom. The number of carbonyl (C=O) groups is 1. The second kappa shape index (κ2) is 8.31. The maximum atomic E-state index is 14.4. The fraction of sp³-hybridized carbons (Fsp3) is 0.318. The van der Waals surface area contributed by atoms with E-state index in [9.17, 15) is 13.6 Å². The number of hydrogen-bond donors (Lipinski definition) is 0. The van der Waals surface area contributed by atoms with E-state index in [1.165, 1.54) is 11.0 Å². The van der Waals surface area contributed by atoms with Crippen LogP contribution in [0.5, 0.6) is 0 Å². The highest BCUT2D eigenvalue weighted by Crippen LogP contribution is 2.36. The van der Waals surface area contributed by atoms with Gasteiger partial charge in [0.25, 0.3) is 0 Å². The number of halogens is 2. The zero-order chi connectivity index (χ0) is 20.4. The van der Waals surface area contributed by atoms with Crippen LogP contribution in [0.3, 0.4) is 0 Å². The molecule has 0 saturated carbocycles. The minimum absolute atomic E-state index is 0.173. The van der Waals surface area contributed by atoms with Crippen molar-refractivity contribution < 1.29 is 23.0 Å². The fourth-order valence-electron chi connectivity index (χ4n) is 3.68. The molecule has 0 unspecified atom stereocenters. The zero-order valence-electron chi connectivity index (χ0n) is 16.1. The number of carbonyl (C=O) groups excluding carboxylic acids is 1. The van der Waals surface area contributed by atoms with Crippen LogP contribution >= 0.6 is 0 Å². The lowest BCUT2D eigenvalue weighted by Gasteiger charge is -2.31. The Hall–Kier alpha value is -2.77. The molecule has 1 fully saturated rings. The van der Waals surface area contributed by atoms with E-state index in [-0.39, 0.29) is 24.2 Å². The van der Waals surface area contributed by atoms with Gasteiger partial charge in [-0.2, -0.15) is 0 Å². The molecule has 29 heavy (non-hydrogen) atoms. The van der Waals surface area contributed by atoms with E-state index < -0.39 is 17.9 Å². The molecule has 2 aromatic carbocycles. The summed E-state index contributed by atoms with van der Waals surface area (Å²) in [6, 6.07) is 12.2. The van der Waals surface area contributed by atoms with Crippen LogP contribution in [0.4, 0.5) is 13.6 Å². The smallest absolute Gasteiger partial charge is 0.320 e. The number of rotatable bonds is 4. The van der Waals surface area contributed by atoms with E-state index in [4.69, 9.17) is 9.47 Å². The molecule has 2 aliphatic rings. The Morgan fingerprint density at radius 2 is 1.86 bits per heavy atom. The third-order valence-electron chi connectivity index (χ3n) is 5.14. The lowest BCUT2D eigenvalue weighted by atomic mass is 10.0. The molecular weight excluding hydrogens is 378 g/mol. The van der Waals surface area contributed by atoms with E-state index in [1.807, 2.05) is 36.4 Å². The summed E-state index contributed by atoms with van der Waals surface area (Å²) < 4.78 is 38.9. The minimum atomic E-state index is -0.518. The van der Waals surface area contributed by atoms with Gasteiger partial charge in [-0.15, -0.1) is 0 Å². The Labute approximate surface area is 168 Å². The summed E-state index contributed by atoms with van der Waals surface area (Å²) >= 11 is 0. The topological polar surface area (TPSA) is 42.0 Å². The molecule has 0 spiro atoms. The highest BCUT2D eigenvalue weighted by atomic mass is 19.1. The van der Waals surface area contributed by atoms with Crippen molar-refractivity contribution in [3.05, 3.63) is 77.4 Å². The first-order valence-corrected chi connectivity index (χ1v) is 9.49. The van der Waals surface area contributed by atoms with Crippen molar-refractivity contribution in [3.63, 3.8) is 0 Å². The quantitative estimate of drug-likeness (QED) is 0.783. The van der Waals surface area contributed by atoms with Gasteiger partial charge in [0.15, 0.2) is 6.29 Å². The molecule has 0 aromatic heterocycles. The molecule has 2 heterocycles. The number of urea groups is 1. The van der Waals surface area contributed by atoms with Crippen molar-refractivity contribution in [3.8, 4) is 0 Å². The van der Waals surface area contributed by atoms with Gasteiger partial charge in [0.05, 0.1) is 25.8 Å². The van der Waals surface area contributed by atoms with Crippen molar-refractivity contribution in [1.29, 1.82) is 0 Å². The second-order valence-electron chi connectivity index (χ2n) is 7.13. The van der Waals surface area contributed by atoms with Crippen LogP contribution in [-0.2, 0) is 9.47 Å². The van der Waals surface area contributed by atoms with Gasteiger partial charge in [-0.3, -0.25) is 0 Å². The molecular formula is C22H22F2N2O3. The Morgan fingerprint density at radius 3 is 2.59 bits per heavy atom. The lowest BCUT2D eigenvalue weighted by molar-refractivity contribution is -0.0541. The molecule has 2 amide bonds. The zero-order valence-corrected chi connectivity index (χ0v) is 16.1. The van der Waals surface area contributed by atoms with Gasteiger partial charge < -0.3 is 19.3 Å². The first-order valence-electron chi connectivity index (χ1n) is 9.49. The predicted octanol–water partition coefficient (Wildman–Crippen LogP) is 3.83. The molecule has 2 aromatic rings. The number of amides is 2. The summed E-state index contributed by atoms with van der Waals surface area (Å²) in [6.45, 7) is 1.48. The van der Waals surface area contributed by atoms with E-state index in [0.29, 0.717) is 25.3 Å². The van der Waals surface area contributed by atoms with Gasteiger partial charge in [-0.05, 0) is 29.3 Å². The van der Waals surface area contributed by atoms with Crippen molar-refractivity contribution >= 4 is 11.6 Å². The third-order valence-corrected chi connectivity index (χ3v) is 5.14. The number of benzene rings is 2. The van der Waals surface area contributed by atoms with Crippen LogP contribution in [0.25, 0.3) is 5.57 Å². The van der Waals surface area contributed by atoms with Gasteiger partial charge in [0, 0.05) is 19.2 Å². The predicted molar refractivity (Wildman–Crippen MR) is 104 cm³/mol. The van der Waals surface area contributed by atoms with Gasteiger partial charge >= 0.3 is 6.03 Å². The van der Waals surface area contributed by atoms with Gasteiger partial charge in [-0.1, -0.05) is 36.4 Å². The summed E-state index contributed by atoms with van der Waals surface area (Å²) in [7, 11) is 1.68. The molecule has 0 aliphatic carbocycles. The van der Waals surface area contributed by atoms with Crippen LogP contribution in [-0.4, -0.2) is 55.5 Å². The maximum absolute atomic E-state index is 14.4. The van der Waals surface area contributed by atoms with E-state index in [2.05, 4.69) is 0 Å². The second-order valence-corrected chi connectivity index (χ2v) is 7.13. The highest BCUT2D eigenvalue weighted by Gasteiger charge is 2.34. The third kappa shape index (κ3) is 4.16. The number of nitrogens with zero attached hydrogens (tertiary/aromatic N) is 2. The van der Waals surface area contributed by atoms with E-state index >= 15 is 0 Å². The van der Waals surface area contributed by atoms with Crippen LogP contribution in [0.2, 0.25) is 0 Å². The van der Waals surface area contributed by atoms with Crippen molar-refractivity contribution in [2.75, 3.05) is 33.4 Å². The summed E-state index contributed by atoms with van der Waals surface area (Å²) in [4.78, 5) is 16.4. The number of hydrogen-bond acceptors (Lipinski definition) is 3. The number of ether oxygens (including phenoxy) is 2. The Bertz CT molecular complexity index is 914. The van der Waals surface area contributed by atoms with Gasteiger partial charge in [-0.25, -0.2) is 13.6 Å². The summed E-state index contributed by atoms with van der Waals surface area (Å²) in [5, 5.41) is 0. The van der Waals surface area contributed by atoms with Gasteiger partial charge in [0.1, 0.15) is 11.6 Å². The van der Waals surface area contributed by atoms with E-state index in [0.717, 1.165) is 17.7 Å². The molecule has 0 radical (unpaired) electrons. The molecule has 0 bridgehead atoms. The largest absolute Gasteiger partial charge is 0.348 e. The SMILES string of the molecule is CN(CC1OCCO1)C(=O)N1CC(c2cc(F)ccc2F)=C[C@H]1c1ccccc1.